The SMILES string of the molecule is C=CC1c2cc(F)nc(F)c2-c2cccc[n+]21. The second kappa shape index (κ2) is 3.45. The smallest absolute Gasteiger partial charge is 0.190 e. The standard InChI is InChI=1S/C13H9F2N2/c1-2-9-8-7-11(14)16-13(15)12(8)10-5-3-4-6-17(9)10/h2-7,9H,1H2/q+1. The van der Waals surface area contributed by atoms with Crippen LogP contribution in [0.5, 0.6) is 0 Å². The van der Waals surface area contributed by atoms with Gasteiger partial charge in [0.15, 0.2) is 6.20 Å². The van der Waals surface area contributed by atoms with Gasteiger partial charge in [-0.05, 0) is 12.1 Å². The van der Waals surface area contributed by atoms with Crippen molar-refractivity contribution >= 4 is 0 Å². The van der Waals surface area contributed by atoms with Crippen molar-refractivity contribution in [3.63, 3.8) is 0 Å². The summed E-state index contributed by atoms with van der Waals surface area (Å²) in [6.45, 7) is 3.71. The lowest BCUT2D eigenvalue weighted by Gasteiger charge is -2.01. The van der Waals surface area contributed by atoms with Crippen molar-refractivity contribution in [2.45, 2.75) is 6.04 Å². The van der Waals surface area contributed by atoms with Crippen LogP contribution in [-0.2, 0) is 0 Å². The van der Waals surface area contributed by atoms with E-state index in [4.69, 9.17) is 0 Å². The first kappa shape index (κ1) is 10.1. The molecule has 0 N–H and O–H groups in total. The Morgan fingerprint density at radius 2 is 2.18 bits per heavy atom. The molecule has 0 saturated carbocycles. The first-order valence-corrected chi connectivity index (χ1v) is 5.21. The van der Waals surface area contributed by atoms with E-state index in [-0.39, 0.29) is 6.04 Å². The molecule has 1 aliphatic rings. The Morgan fingerprint density at radius 3 is 2.94 bits per heavy atom. The molecule has 84 valence electrons. The van der Waals surface area contributed by atoms with Crippen molar-refractivity contribution in [3.8, 4) is 11.3 Å². The average Bonchev–Trinajstić information content (AvgIpc) is 2.62. The average molecular weight is 231 g/mol. The lowest BCUT2D eigenvalue weighted by atomic mass is 10.1. The Kier molecular flexibility index (Phi) is 2.04. The lowest BCUT2D eigenvalue weighted by molar-refractivity contribution is -0.687. The van der Waals surface area contributed by atoms with E-state index in [9.17, 15) is 8.78 Å². The highest BCUT2D eigenvalue weighted by Crippen LogP contribution is 2.35. The number of pyridine rings is 2. The summed E-state index contributed by atoms with van der Waals surface area (Å²) in [6.07, 6.45) is 3.48. The molecule has 0 spiro atoms. The van der Waals surface area contributed by atoms with Crippen molar-refractivity contribution in [1.29, 1.82) is 0 Å². The molecule has 2 nitrogen and oxygen atoms in total. The molecule has 4 heteroatoms. The fraction of sp³-hybridized carbons (Fsp3) is 0.0769. The third-order valence-corrected chi connectivity index (χ3v) is 2.96. The topological polar surface area (TPSA) is 16.8 Å². The molecule has 3 rings (SSSR count). The number of halogens is 2. The van der Waals surface area contributed by atoms with Gasteiger partial charge >= 0.3 is 0 Å². The first-order chi connectivity index (χ1) is 8.22. The summed E-state index contributed by atoms with van der Waals surface area (Å²) in [6, 6.07) is 6.45. The Hall–Kier alpha value is -2.10. The molecule has 17 heavy (non-hydrogen) atoms. The molecule has 0 radical (unpaired) electrons. The summed E-state index contributed by atoms with van der Waals surface area (Å²) in [4.78, 5) is 3.23. The molecule has 0 amide bonds. The summed E-state index contributed by atoms with van der Waals surface area (Å²) in [7, 11) is 0. The molecule has 2 aromatic rings. The fourth-order valence-corrected chi connectivity index (χ4v) is 2.29. The van der Waals surface area contributed by atoms with Gasteiger partial charge in [-0.1, -0.05) is 6.58 Å². The Bertz CT molecular complexity index is 623. The summed E-state index contributed by atoms with van der Waals surface area (Å²) >= 11 is 0. The molecule has 1 atom stereocenters. The predicted molar refractivity (Wildman–Crippen MR) is 58.1 cm³/mol. The molecule has 1 unspecified atom stereocenters. The van der Waals surface area contributed by atoms with E-state index in [0.29, 0.717) is 16.8 Å². The second-order valence-electron chi connectivity index (χ2n) is 3.87. The van der Waals surface area contributed by atoms with Gasteiger partial charge in [0.25, 0.3) is 0 Å². The number of fused-ring (bicyclic) bond motifs is 3. The summed E-state index contributed by atoms with van der Waals surface area (Å²) in [5, 5.41) is 0. The van der Waals surface area contributed by atoms with Crippen LogP contribution in [0.3, 0.4) is 0 Å². The van der Waals surface area contributed by atoms with Gasteiger partial charge in [0.2, 0.25) is 23.6 Å². The number of rotatable bonds is 1. The van der Waals surface area contributed by atoms with Gasteiger partial charge in [0.05, 0.1) is 0 Å². The molecular weight excluding hydrogens is 222 g/mol. The van der Waals surface area contributed by atoms with Crippen LogP contribution < -0.4 is 4.57 Å². The van der Waals surface area contributed by atoms with Crippen LogP contribution in [0.4, 0.5) is 8.78 Å². The van der Waals surface area contributed by atoms with Crippen LogP contribution in [0.1, 0.15) is 11.6 Å². The van der Waals surface area contributed by atoms with Gasteiger partial charge in [-0.3, -0.25) is 0 Å². The molecule has 3 heterocycles. The Balaban J connectivity index is 2.39. The Labute approximate surface area is 96.9 Å². The van der Waals surface area contributed by atoms with Gasteiger partial charge in [-0.25, -0.2) is 0 Å². The molecule has 0 bridgehead atoms. The highest BCUT2D eigenvalue weighted by Gasteiger charge is 2.37. The Morgan fingerprint density at radius 1 is 1.35 bits per heavy atom. The molecule has 0 fully saturated rings. The number of hydrogen-bond donors (Lipinski definition) is 0. The van der Waals surface area contributed by atoms with Crippen LogP contribution in [0.2, 0.25) is 0 Å². The van der Waals surface area contributed by atoms with Gasteiger partial charge in [0.1, 0.15) is 5.56 Å². The van der Waals surface area contributed by atoms with E-state index in [1.54, 1.807) is 12.1 Å². The summed E-state index contributed by atoms with van der Waals surface area (Å²) in [5.41, 5.74) is 1.62. The monoisotopic (exact) mass is 231 g/mol. The zero-order valence-electron chi connectivity index (χ0n) is 8.90. The predicted octanol–water partition coefficient (Wildman–Crippen LogP) is 2.40. The zero-order chi connectivity index (χ0) is 12.0. The van der Waals surface area contributed by atoms with Crippen molar-refractivity contribution < 1.29 is 13.3 Å². The minimum Gasteiger partial charge on any atom is -0.190 e. The van der Waals surface area contributed by atoms with Crippen LogP contribution in [0.15, 0.2) is 43.1 Å². The molecule has 0 aromatic carbocycles. The van der Waals surface area contributed by atoms with E-state index in [2.05, 4.69) is 11.6 Å². The highest BCUT2D eigenvalue weighted by atomic mass is 19.1. The largest absolute Gasteiger partial charge is 0.230 e. The van der Waals surface area contributed by atoms with Crippen molar-refractivity contribution in [2.24, 2.45) is 0 Å². The van der Waals surface area contributed by atoms with Crippen molar-refractivity contribution in [2.75, 3.05) is 0 Å². The maximum atomic E-state index is 13.7. The molecule has 0 saturated heterocycles. The fourth-order valence-electron chi connectivity index (χ4n) is 2.29. The van der Waals surface area contributed by atoms with Crippen LogP contribution >= 0.6 is 0 Å². The highest BCUT2D eigenvalue weighted by molar-refractivity contribution is 5.64. The first-order valence-electron chi connectivity index (χ1n) is 5.21. The van der Waals surface area contributed by atoms with Gasteiger partial charge in [-0.2, -0.15) is 18.3 Å². The zero-order valence-corrected chi connectivity index (χ0v) is 8.90. The minimum atomic E-state index is -0.804. The number of allylic oxidation sites excluding steroid dienone is 1. The normalized spacial score (nSPS) is 16.5. The van der Waals surface area contributed by atoms with Gasteiger partial charge in [0, 0.05) is 23.8 Å². The third kappa shape index (κ3) is 1.30. The van der Waals surface area contributed by atoms with Gasteiger partial charge in [-0.15, -0.1) is 0 Å². The summed E-state index contributed by atoms with van der Waals surface area (Å²) in [5.74, 6) is -1.58. The molecule has 2 aromatic heterocycles. The molecular formula is C13H9F2N2+. The van der Waals surface area contributed by atoms with E-state index in [0.717, 1.165) is 0 Å². The quantitative estimate of drug-likeness (QED) is 0.418. The molecule has 1 aliphatic heterocycles. The van der Waals surface area contributed by atoms with E-state index < -0.39 is 11.9 Å². The lowest BCUT2D eigenvalue weighted by Crippen LogP contribution is -2.36. The number of aromatic nitrogens is 2. The van der Waals surface area contributed by atoms with Crippen LogP contribution in [0, 0.1) is 11.9 Å². The van der Waals surface area contributed by atoms with Crippen molar-refractivity contribution in [3.05, 3.63) is 60.6 Å². The van der Waals surface area contributed by atoms with E-state index in [1.165, 1.54) is 6.07 Å². The van der Waals surface area contributed by atoms with Crippen LogP contribution in [0.25, 0.3) is 11.3 Å². The maximum absolute atomic E-state index is 13.7. The third-order valence-electron chi connectivity index (χ3n) is 2.96. The van der Waals surface area contributed by atoms with Crippen molar-refractivity contribution in [1.82, 2.24) is 4.98 Å². The van der Waals surface area contributed by atoms with E-state index in [1.807, 2.05) is 22.9 Å². The maximum Gasteiger partial charge on any atom is 0.230 e. The summed E-state index contributed by atoms with van der Waals surface area (Å²) < 4.78 is 28.8. The van der Waals surface area contributed by atoms with Gasteiger partial charge < -0.3 is 0 Å². The van der Waals surface area contributed by atoms with E-state index >= 15 is 0 Å². The number of hydrogen-bond acceptors (Lipinski definition) is 1. The molecule has 0 aliphatic carbocycles. The van der Waals surface area contributed by atoms with Crippen LogP contribution in [-0.4, -0.2) is 4.98 Å². The minimum absolute atomic E-state index is 0.242. The number of nitrogens with zero attached hydrogens (tertiary/aromatic N) is 2. The second-order valence-corrected chi connectivity index (χ2v) is 3.87.